The molecule has 0 spiro atoms. The minimum atomic E-state index is 0.0645. The standard InChI is InChI=1S/C16H23N3O/c1-2-19-8-6-12(11-19)10-18-16(20)14-3-4-15-13(9-14)5-7-17-15/h3-4,9,12,17H,2,5-8,10-11H2,1H3,(H,18,20). The maximum atomic E-state index is 12.2. The number of carbonyl (C=O) groups is 1. The third-order valence-electron chi connectivity index (χ3n) is 4.45. The lowest BCUT2D eigenvalue weighted by Gasteiger charge is -2.14. The average Bonchev–Trinajstić information content (AvgIpc) is 3.12. The molecule has 2 aliphatic heterocycles. The van der Waals surface area contributed by atoms with Crippen LogP contribution in [0.4, 0.5) is 5.69 Å². The normalized spacial score (nSPS) is 21.6. The van der Waals surface area contributed by atoms with Crippen LogP contribution in [0.25, 0.3) is 0 Å². The van der Waals surface area contributed by atoms with Crippen LogP contribution < -0.4 is 10.6 Å². The second-order valence-electron chi connectivity index (χ2n) is 5.81. The molecule has 4 heteroatoms. The fraction of sp³-hybridized carbons (Fsp3) is 0.562. The van der Waals surface area contributed by atoms with Gasteiger partial charge in [0, 0.05) is 30.9 Å². The Morgan fingerprint density at radius 3 is 3.20 bits per heavy atom. The third kappa shape index (κ3) is 2.80. The van der Waals surface area contributed by atoms with Crippen molar-refractivity contribution in [2.75, 3.05) is 38.0 Å². The highest BCUT2D eigenvalue weighted by molar-refractivity contribution is 5.95. The van der Waals surface area contributed by atoms with Gasteiger partial charge in [-0.15, -0.1) is 0 Å². The molecule has 0 saturated carbocycles. The second-order valence-corrected chi connectivity index (χ2v) is 5.81. The molecule has 0 bridgehead atoms. The van der Waals surface area contributed by atoms with Gasteiger partial charge in [0.25, 0.3) is 5.91 Å². The molecular formula is C16H23N3O. The van der Waals surface area contributed by atoms with Gasteiger partial charge in [-0.3, -0.25) is 4.79 Å². The Hall–Kier alpha value is -1.55. The summed E-state index contributed by atoms with van der Waals surface area (Å²) in [4.78, 5) is 14.6. The second kappa shape index (κ2) is 5.83. The van der Waals surface area contributed by atoms with E-state index in [0.717, 1.165) is 38.2 Å². The van der Waals surface area contributed by atoms with Crippen LogP contribution >= 0.6 is 0 Å². The van der Waals surface area contributed by atoms with Gasteiger partial charge in [0.05, 0.1) is 0 Å². The number of nitrogens with one attached hydrogen (secondary N) is 2. The van der Waals surface area contributed by atoms with Crippen molar-refractivity contribution in [1.29, 1.82) is 0 Å². The molecule has 3 rings (SSSR count). The topological polar surface area (TPSA) is 44.4 Å². The maximum absolute atomic E-state index is 12.2. The molecule has 1 atom stereocenters. The van der Waals surface area contributed by atoms with Crippen molar-refractivity contribution < 1.29 is 4.79 Å². The van der Waals surface area contributed by atoms with E-state index in [-0.39, 0.29) is 5.91 Å². The van der Waals surface area contributed by atoms with E-state index >= 15 is 0 Å². The van der Waals surface area contributed by atoms with Crippen molar-refractivity contribution in [2.24, 2.45) is 5.92 Å². The number of rotatable bonds is 4. The molecule has 0 radical (unpaired) electrons. The minimum absolute atomic E-state index is 0.0645. The van der Waals surface area contributed by atoms with Gasteiger partial charge in [0.2, 0.25) is 0 Å². The SMILES string of the molecule is CCN1CCC(CNC(=O)c2ccc3c(c2)CCN3)C1. The molecular weight excluding hydrogens is 250 g/mol. The van der Waals surface area contributed by atoms with Crippen LogP contribution in [-0.4, -0.2) is 43.5 Å². The molecule has 1 aromatic rings. The first-order chi connectivity index (χ1) is 9.76. The van der Waals surface area contributed by atoms with Crippen LogP contribution in [0.1, 0.15) is 29.3 Å². The van der Waals surface area contributed by atoms with Crippen molar-refractivity contribution in [2.45, 2.75) is 19.8 Å². The first kappa shape index (κ1) is 13.4. The number of hydrogen-bond acceptors (Lipinski definition) is 3. The van der Waals surface area contributed by atoms with Crippen molar-refractivity contribution in [1.82, 2.24) is 10.2 Å². The van der Waals surface area contributed by atoms with Crippen LogP contribution in [0.2, 0.25) is 0 Å². The molecule has 2 N–H and O–H groups in total. The van der Waals surface area contributed by atoms with Crippen LogP contribution in [0.5, 0.6) is 0 Å². The molecule has 1 fully saturated rings. The Bertz CT molecular complexity index is 500. The highest BCUT2D eigenvalue weighted by Gasteiger charge is 2.21. The Labute approximate surface area is 120 Å². The van der Waals surface area contributed by atoms with Crippen LogP contribution in [-0.2, 0) is 6.42 Å². The zero-order valence-electron chi connectivity index (χ0n) is 12.1. The predicted octanol–water partition coefficient (Wildman–Crippen LogP) is 1.73. The van der Waals surface area contributed by atoms with Crippen molar-refractivity contribution >= 4 is 11.6 Å². The van der Waals surface area contributed by atoms with Crippen LogP contribution in [0.15, 0.2) is 18.2 Å². The molecule has 2 heterocycles. The van der Waals surface area contributed by atoms with Crippen molar-refractivity contribution in [3.05, 3.63) is 29.3 Å². The van der Waals surface area contributed by atoms with E-state index in [4.69, 9.17) is 0 Å². The highest BCUT2D eigenvalue weighted by atomic mass is 16.1. The molecule has 108 valence electrons. The number of carbonyl (C=O) groups excluding carboxylic acids is 1. The van der Waals surface area contributed by atoms with Gasteiger partial charge in [-0.25, -0.2) is 0 Å². The Balaban J connectivity index is 1.54. The predicted molar refractivity (Wildman–Crippen MR) is 81.2 cm³/mol. The van der Waals surface area contributed by atoms with Gasteiger partial charge in [-0.1, -0.05) is 6.92 Å². The Kier molecular flexibility index (Phi) is 3.92. The number of hydrogen-bond donors (Lipinski definition) is 2. The lowest BCUT2D eigenvalue weighted by Crippen LogP contribution is -2.31. The fourth-order valence-electron chi connectivity index (χ4n) is 3.15. The number of nitrogens with zero attached hydrogens (tertiary/aromatic N) is 1. The lowest BCUT2D eigenvalue weighted by atomic mass is 10.1. The summed E-state index contributed by atoms with van der Waals surface area (Å²) in [6.45, 7) is 7.37. The molecule has 20 heavy (non-hydrogen) atoms. The number of benzene rings is 1. The fourth-order valence-corrected chi connectivity index (χ4v) is 3.15. The minimum Gasteiger partial charge on any atom is -0.384 e. The molecule has 1 aromatic carbocycles. The summed E-state index contributed by atoms with van der Waals surface area (Å²) >= 11 is 0. The zero-order valence-corrected chi connectivity index (χ0v) is 12.1. The monoisotopic (exact) mass is 273 g/mol. The van der Waals surface area contributed by atoms with Gasteiger partial charge in [0.1, 0.15) is 0 Å². The quantitative estimate of drug-likeness (QED) is 0.878. The van der Waals surface area contributed by atoms with E-state index in [1.165, 1.54) is 24.2 Å². The van der Waals surface area contributed by atoms with Gasteiger partial charge in [0.15, 0.2) is 0 Å². The van der Waals surface area contributed by atoms with Crippen molar-refractivity contribution in [3.63, 3.8) is 0 Å². The molecule has 4 nitrogen and oxygen atoms in total. The number of amides is 1. The lowest BCUT2D eigenvalue weighted by molar-refractivity contribution is 0.0947. The maximum Gasteiger partial charge on any atom is 0.251 e. The van der Waals surface area contributed by atoms with Crippen LogP contribution in [0.3, 0.4) is 0 Å². The van der Waals surface area contributed by atoms with Gasteiger partial charge in [-0.2, -0.15) is 0 Å². The molecule has 1 saturated heterocycles. The summed E-state index contributed by atoms with van der Waals surface area (Å²) in [6.07, 6.45) is 2.22. The van der Waals surface area contributed by atoms with Gasteiger partial charge < -0.3 is 15.5 Å². The summed E-state index contributed by atoms with van der Waals surface area (Å²) in [6, 6.07) is 5.96. The molecule has 0 aromatic heterocycles. The van der Waals surface area contributed by atoms with E-state index in [0.29, 0.717) is 5.92 Å². The third-order valence-corrected chi connectivity index (χ3v) is 4.45. The average molecular weight is 273 g/mol. The van der Waals surface area contributed by atoms with E-state index in [1.807, 2.05) is 18.2 Å². The van der Waals surface area contributed by atoms with E-state index in [1.54, 1.807) is 0 Å². The summed E-state index contributed by atoms with van der Waals surface area (Å²) in [5, 5.41) is 6.41. The highest BCUT2D eigenvalue weighted by Crippen LogP contribution is 2.23. The summed E-state index contributed by atoms with van der Waals surface area (Å²) in [7, 11) is 0. The Morgan fingerprint density at radius 1 is 1.50 bits per heavy atom. The number of anilines is 1. The van der Waals surface area contributed by atoms with Crippen molar-refractivity contribution in [3.8, 4) is 0 Å². The molecule has 1 amide bonds. The van der Waals surface area contributed by atoms with E-state index < -0.39 is 0 Å². The van der Waals surface area contributed by atoms with Gasteiger partial charge >= 0.3 is 0 Å². The Morgan fingerprint density at radius 2 is 2.40 bits per heavy atom. The smallest absolute Gasteiger partial charge is 0.251 e. The molecule has 1 unspecified atom stereocenters. The summed E-state index contributed by atoms with van der Waals surface area (Å²) < 4.78 is 0. The number of fused-ring (bicyclic) bond motifs is 1. The zero-order chi connectivity index (χ0) is 13.9. The first-order valence-electron chi connectivity index (χ1n) is 7.63. The van der Waals surface area contributed by atoms with E-state index in [2.05, 4.69) is 22.5 Å². The largest absolute Gasteiger partial charge is 0.384 e. The van der Waals surface area contributed by atoms with Crippen LogP contribution in [0, 0.1) is 5.92 Å². The first-order valence-corrected chi connectivity index (χ1v) is 7.63. The van der Waals surface area contributed by atoms with E-state index in [9.17, 15) is 4.79 Å². The van der Waals surface area contributed by atoms with Gasteiger partial charge in [-0.05, 0) is 55.6 Å². The molecule has 2 aliphatic rings. The molecule has 0 aliphatic carbocycles. The summed E-state index contributed by atoms with van der Waals surface area (Å²) in [5.41, 5.74) is 3.23. The number of likely N-dealkylation sites (tertiary alicyclic amines) is 1. The summed E-state index contributed by atoms with van der Waals surface area (Å²) in [5.74, 6) is 0.671.